The number of rotatable bonds is 3. The van der Waals surface area contributed by atoms with Crippen LogP contribution < -0.4 is 4.90 Å². The number of hydrogen-bond donors (Lipinski definition) is 0. The van der Waals surface area contributed by atoms with E-state index in [1.54, 1.807) is 16.6 Å². The first-order valence-electron chi connectivity index (χ1n) is 8.50. The largest absolute Gasteiger partial charge is 0.370 e. The van der Waals surface area contributed by atoms with Crippen molar-refractivity contribution in [3.8, 4) is 0 Å². The van der Waals surface area contributed by atoms with Gasteiger partial charge in [0.1, 0.15) is 4.90 Å². The Morgan fingerprint density at radius 3 is 2.65 bits per heavy atom. The van der Waals surface area contributed by atoms with Gasteiger partial charge in [-0.2, -0.15) is 4.31 Å². The minimum absolute atomic E-state index is 0.0199. The Morgan fingerprint density at radius 2 is 1.88 bits per heavy atom. The maximum atomic E-state index is 13.1. The fourth-order valence-corrected chi connectivity index (χ4v) is 6.23. The van der Waals surface area contributed by atoms with Gasteiger partial charge in [-0.3, -0.25) is 4.98 Å². The zero-order chi connectivity index (χ0) is 18.4. The lowest BCUT2D eigenvalue weighted by atomic mass is 9.86. The highest BCUT2D eigenvalue weighted by Gasteiger charge is 2.47. The molecule has 2 aliphatic heterocycles. The summed E-state index contributed by atoms with van der Waals surface area (Å²) in [5, 5.41) is 0.573. The summed E-state index contributed by atoms with van der Waals surface area (Å²) < 4.78 is 27.7. The summed E-state index contributed by atoms with van der Waals surface area (Å²) in [7, 11) is -3.65. The molecule has 0 saturated carbocycles. The van der Waals surface area contributed by atoms with Gasteiger partial charge in [-0.1, -0.05) is 23.2 Å². The molecule has 1 unspecified atom stereocenters. The van der Waals surface area contributed by atoms with Crippen molar-refractivity contribution in [3.63, 3.8) is 0 Å². The highest BCUT2D eigenvalue weighted by Crippen LogP contribution is 2.43. The summed E-state index contributed by atoms with van der Waals surface area (Å²) in [5.74, 6) is 0. The number of benzene rings is 1. The van der Waals surface area contributed by atoms with Gasteiger partial charge >= 0.3 is 0 Å². The molecule has 0 bridgehead atoms. The highest BCUT2D eigenvalue weighted by molar-refractivity contribution is 7.89. The van der Waals surface area contributed by atoms with Crippen molar-refractivity contribution in [3.05, 3.63) is 52.8 Å². The van der Waals surface area contributed by atoms with E-state index in [1.807, 2.05) is 18.3 Å². The molecule has 138 valence electrons. The van der Waals surface area contributed by atoms with Gasteiger partial charge in [0.15, 0.2) is 0 Å². The van der Waals surface area contributed by atoms with Crippen molar-refractivity contribution < 1.29 is 8.42 Å². The van der Waals surface area contributed by atoms with Crippen molar-refractivity contribution >= 4 is 38.9 Å². The van der Waals surface area contributed by atoms with Gasteiger partial charge < -0.3 is 4.90 Å². The van der Waals surface area contributed by atoms with E-state index in [2.05, 4.69) is 9.88 Å². The number of nitrogens with zero attached hydrogens (tertiary/aromatic N) is 3. The Bertz CT molecular complexity index is 923. The lowest BCUT2D eigenvalue weighted by molar-refractivity contribution is 0.341. The summed E-state index contributed by atoms with van der Waals surface area (Å²) in [5.41, 5.74) is 1.07. The second kappa shape index (κ2) is 6.68. The molecule has 1 aromatic carbocycles. The molecule has 1 aromatic heterocycles. The summed E-state index contributed by atoms with van der Waals surface area (Å²) in [4.78, 5) is 6.56. The fraction of sp³-hybridized carbons (Fsp3) is 0.389. The molecule has 2 aromatic rings. The molecule has 4 rings (SSSR count). The molecule has 1 atom stereocenters. The van der Waals surface area contributed by atoms with Crippen LogP contribution in [-0.2, 0) is 10.0 Å². The third-order valence-corrected chi connectivity index (χ3v) is 7.93. The number of pyridine rings is 1. The van der Waals surface area contributed by atoms with Gasteiger partial charge in [0.25, 0.3) is 0 Å². The maximum Gasteiger partial charge on any atom is 0.244 e. The first kappa shape index (κ1) is 18.0. The molecule has 3 heterocycles. The summed E-state index contributed by atoms with van der Waals surface area (Å²) in [6, 6.07) is 8.52. The molecule has 0 aliphatic carbocycles. The minimum atomic E-state index is -3.65. The maximum absolute atomic E-state index is 13.1. The quantitative estimate of drug-likeness (QED) is 0.772. The first-order valence-corrected chi connectivity index (χ1v) is 10.7. The SMILES string of the molecule is O=S(=O)(c1cc(Cl)ccc1Cl)N1CCC2(CCN(c3cccnc3)C2)C1. The fourth-order valence-electron chi connectivity index (χ4n) is 3.94. The predicted octanol–water partition coefficient (Wildman–Crippen LogP) is 3.68. The average molecular weight is 412 g/mol. The lowest BCUT2D eigenvalue weighted by Crippen LogP contribution is -2.34. The van der Waals surface area contributed by atoms with Crippen LogP contribution in [0.25, 0.3) is 0 Å². The Morgan fingerprint density at radius 1 is 1.08 bits per heavy atom. The molecule has 0 N–H and O–H groups in total. The number of sulfonamides is 1. The topological polar surface area (TPSA) is 53.5 Å². The van der Waals surface area contributed by atoms with Gasteiger partial charge in [0.05, 0.1) is 16.9 Å². The lowest BCUT2D eigenvalue weighted by Gasteiger charge is -2.25. The van der Waals surface area contributed by atoms with Crippen LogP contribution in [0.2, 0.25) is 10.0 Å². The normalized spacial score (nSPS) is 23.8. The van der Waals surface area contributed by atoms with Gasteiger partial charge in [-0.25, -0.2) is 8.42 Å². The second-order valence-electron chi connectivity index (χ2n) is 7.05. The summed E-state index contributed by atoms with van der Waals surface area (Å²) >= 11 is 12.1. The van der Waals surface area contributed by atoms with E-state index in [0.717, 1.165) is 31.6 Å². The number of aromatic nitrogens is 1. The Labute approximate surface area is 163 Å². The number of halogens is 2. The Balaban J connectivity index is 1.54. The van der Waals surface area contributed by atoms with Crippen LogP contribution in [0.15, 0.2) is 47.6 Å². The van der Waals surface area contributed by atoms with Crippen molar-refractivity contribution in [1.29, 1.82) is 0 Å². The molecule has 0 amide bonds. The molecular formula is C18H19Cl2N3O2S. The van der Waals surface area contributed by atoms with Gasteiger partial charge in [0.2, 0.25) is 10.0 Å². The highest BCUT2D eigenvalue weighted by atomic mass is 35.5. The standard InChI is InChI=1S/C18H19Cl2N3O2S/c19-14-3-4-16(20)17(10-14)26(24,25)23-9-6-18(13-23)5-8-22(12-18)15-2-1-7-21-11-15/h1-4,7,10-11H,5-6,8-9,12-13H2. The molecule has 2 aliphatic rings. The van der Waals surface area contributed by atoms with Crippen LogP contribution in [0.5, 0.6) is 0 Å². The van der Waals surface area contributed by atoms with Gasteiger partial charge in [-0.05, 0) is 43.2 Å². The van der Waals surface area contributed by atoms with E-state index in [1.165, 1.54) is 12.1 Å². The van der Waals surface area contributed by atoms with Crippen LogP contribution >= 0.6 is 23.2 Å². The second-order valence-corrected chi connectivity index (χ2v) is 9.80. The smallest absolute Gasteiger partial charge is 0.244 e. The summed E-state index contributed by atoms with van der Waals surface area (Å²) in [6.07, 6.45) is 5.43. The average Bonchev–Trinajstić information content (AvgIpc) is 3.26. The zero-order valence-corrected chi connectivity index (χ0v) is 16.4. The van der Waals surface area contributed by atoms with Gasteiger partial charge in [-0.15, -0.1) is 0 Å². The van der Waals surface area contributed by atoms with Crippen molar-refractivity contribution in [2.75, 3.05) is 31.1 Å². The van der Waals surface area contributed by atoms with Crippen LogP contribution in [-0.4, -0.2) is 43.9 Å². The van der Waals surface area contributed by atoms with Crippen molar-refractivity contribution in [2.45, 2.75) is 17.7 Å². The molecular weight excluding hydrogens is 393 g/mol. The third kappa shape index (κ3) is 3.20. The molecule has 26 heavy (non-hydrogen) atoms. The number of hydrogen-bond acceptors (Lipinski definition) is 4. The molecule has 0 radical (unpaired) electrons. The monoisotopic (exact) mass is 411 g/mol. The van der Waals surface area contributed by atoms with E-state index >= 15 is 0 Å². The van der Waals surface area contributed by atoms with Gasteiger partial charge in [0, 0.05) is 42.8 Å². The Hall–Kier alpha value is -1.34. The van der Waals surface area contributed by atoms with Crippen LogP contribution in [0.1, 0.15) is 12.8 Å². The zero-order valence-electron chi connectivity index (χ0n) is 14.1. The third-order valence-electron chi connectivity index (χ3n) is 5.36. The predicted molar refractivity (Wildman–Crippen MR) is 103 cm³/mol. The first-order chi connectivity index (χ1) is 12.4. The van der Waals surface area contributed by atoms with Crippen molar-refractivity contribution in [2.24, 2.45) is 5.41 Å². The minimum Gasteiger partial charge on any atom is -0.370 e. The Kier molecular flexibility index (Phi) is 4.63. The molecule has 8 heteroatoms. The van der Waals surface area contributed by atoms with E-state index in [-0.39, 0.29) is 15.3 Å². The summed E-state index contributed by atoms with van der Waals surface area (Å²) in [6.45, 7) is 2.77. The number of anilines is 1. The molecule has 2 saturated heterocycles. The van der Waals surface area contributed by atoms with Crippen molar-refractivity contribution in [1.82, 2.24) is 9.29 Å². The van der Waals surface area contributed by atoms with E-state index in [4.69, 9.17) is 23.2 Å². The van der Waals surface area contributed by atoms with E-state index in [9.17, 15) is 8.42 Å². The van der Waals surface area contributed by atoms with E-state index in [0.29, 0.717) is 18.1 Å². The molecule has 5 nitrogen and oxygen atoms in total. The van der Waals surface area contributed by atoms with Crippen LogP contribution in [0, 0.1) is 5.41 Å². The molecule has 2 fully saturated rings. The molecule has 1 spiro atoms. The van der Waals surface area contributed by atoms with Crippen LogP contribution in [0.3, 0.4) is 0 Å². The van der Waals surface area contributed by atoms with E-state index < -0.39 is 10.0 Å². The van der Waals surface area contributed by atoms with Crippen LogP contribution in [0.4, 0.5) is 5.69 Å².